The lowest BCUT2D eigenvalue weighted by Gasteiger charge is -2.37. The molecule has 52 heavy (non-hydrogen) atoms. The second-order valence-electron chi connectivity index (χ2n) is 14.9. The Balaban J connectivity index is 1.32. The topological polar surface area (TPSA) is 101 Å². The molecule has 3 heterocycles. The summed E-state index contributed by atoms with van der Waals surface area (Å²) in [7, 11) is 6.57. The Morgan fingerprint density at radius 1 is 0.904 bits per heavy atom. The third-order valence-corrected chi connectivity index (χ3v) is 12.2. The van der Waals surface area contributed by atoms with E-state index in [4.69, 9.17) is 18.9 Å². The van der Waals surface area contributed by atoms with Gasteiger partial charge in [-0.3, -0.25) is 14.5 Å². The highest BCUT2D eigenvalue weighted by Gasteiger charge is 2.57. The first kappa shape index (κ1) is 38.3. The molecular weight excluding hydrogens is 679 g/mol. The van der Waals surface area contributed by atoms with Crippen LogP contribution in [-0.2, 0) is 30.0 Å². The fourth-order valence-corrected chi connectivity index (χ4v) is 9.22. The van der Waals surface area contributed by atoms with E-state index in [1.54, 1.807) is 34.5 Å². The van der Waals surface area contributed by atoms with Crippen molar-refractivity contribution in [3.8, 4) is 5.75 Å². The summed E-state index contributed by atoms with van der Waals surface area (Å²) < 4.78 is 65.3. The number of anilines is 1. The van der Waals surface area contributed by atoms with Crippen LogP contribution in [0.1, 0.15) is 67.1 Å². The molecular formula is C39H52F3N3O7. The lowest BCUT2D eigenvalue weighted by molar-refractivity contribution is -0.154. The number of hydrogen-bond donors (Lipinski definition) is 1. The molecule has 2 aromatic rings. The average molecular weight is 732 g/mol. The fourth-order valence-electron chi connectivity index (χ4n) is 9.22. The third kappa shape index (κ3) is 7.65. The maximum absolute atomic E-state index is 15.1. The number of carbonyl (C=O) groups excluding carboxylic acids is 1. The number of amides is 1. The van der Waals surface area contributed by atoms with Gasteiger partial charge in [-0.25, -0.2) is 0 Å². The zero-order chi connectivity index (χ0) is 37.2. The Bertz CT molecular complexity index is 1540. The summed E-state index contributed by atoms with van der Waals surface area (Å²) in [5, 5.41) is 9.56. The zero-order valence-corrected chi connectivity index (χ0v) is 30.6. The van der Waals surface area contributed by atoms with Gasteiger partial charge in [-0.1, -0.05) is 18.2 Å². The number of carboxylic acid groups (broad SMARTS) is 1. The predicted octanol–water partition coefficient (Wildman–Crippen LogP) is 5.65. The normalized spacial score (nSPS) is 29.1. The Morgan fingerprint density at radius 2 is 1.60 bits per heavy atom. The van der Waals surface area contributed by atoms with Crippen LogP contribution < -0.4 is 9.64 Å². The number of alkyl halides is 3. The molecule has 0 unspecified atom stereocenters. The van der Waals surface area contributed by atoms with Gasteiger partial charge in [-0.05, 0) is 73.9 Å². The first-order valence-electron chi connectivity index (χ1n) is 18.4. The van der Waals surface area contributed by atoms with Crippen molar-refractivity contribution in [2.45, 2.75) is 74.3 Å². The van der Waals surface area contributed by atoms with Gasteiger partial charge in [0.15, 0.2) is 5.60 Å². The summed E-state index contributed by atoms with van der Waals surface area (Å²) in [6, 6.07) is 11.9. The second kappa shape index (κ2) is 15.9. The number of carboxylic acids is 1. The van der Waals surface area contributed by atoms with Crippen molar-refractivity contribution in [3.63, 3.8) is 0 Å². The van der Waals surface area contributed by atoms with E-state index in [0.29, 0.717) is 63.4 Å². The molecule has 3 saturated heterocycles. The summed E-state index contributed by atoms with van der Waals surface area (Å²) in [5.74, 6) is -1.60. The summed E-state index contributed by atoms with van der Waals surface area (Å²) in [5.41, 5.74) is 0.173. The van der Waals surface area contributed by atoms with E-state index in [1.165, 1.54) is 6.07 Å². The van der Waals surface area contributed by atoms with Crippen molar-refractivity contribution in [2.24, 2.45) is 11.8 Å². The first-order valence-corrected chi connectivity index (χ1v) is 18.4. The van der Waals surface area contributed by atoms with Crippen LogP contribution in [0.4, 0.5) is 18.9 Å². The molecule has 0 radical (unpaired) electrons. The number of likely N-dealkylation sites (tertiary alicyclic amines) is 2. The standard InChI is InChI=1S/C39H52F3N3O7/c1-49-23-27-20-44(21-33(27)32-14-7-28(39(40,41)42)19-35(32)43-17-15-26(16-18-43)36(46)47)37(48)38(52-4)24-45(29-8-12-31(51-3)13-9-29)22-34(38)25-5-10-30(50-2)11-6-25/h5-7,10-11,14,19,26-27,29,31,33-34H,8-9,12-13,15-18,20-24H2,1-4H3,(H,46,47)/t27-,29-,31+,33+,34+,38+/m1/s1. The largest absolute Gasteiger partial charge is 0.497 e. The number of nitrogens with zero attached hydrogens (tertiary/aromatic N) is 3. The van der Waals surface area contributed by atoms with Crippen molar-refractivity contribution >= 4 is 17.6 Å². The van der Waals surface area contributed by atoms with Crippen LogP contribution in [0.25, 0.3) is 0 Å². The van der Waals surface area contributed by atoms with E-state index in [2.05, 4.69) is 4.90 Å². The lowest BCUT2D eigenvalue weighted by atomic mass is 9.83. The summed E-state index contributed by atoms with van der Waals surface area (Å²) in [4.78, 5) is 32.9. The van der Waals surface area contributed by atoms with Crippen LogP contribution in [-0.4, -0.2) is 119 Å². The molecule has 4 fully saturated rings. The molecule has 2 aromatic carbocycles. The molecule has 3 aliphatic heterocycles. The van der Waals surface area contributed by atoms with Gasteiger partial charge in [-0.15, -0.1) is 0 Å². The second-order valence-corrected chi connectivity index (χ2v) is 14.9. The highest BCUT2D eigenvalue weighted by molar-refractivity contribution is 5.88. The molecule has 10 nitrogen and oxygen atoms in total. The number of halogens is 3. The van der Waals surface area contributed by atoms with Crippen molar-refractivity contribution in [1.82, 2.24) is 9.80 Å². The monoisotopic (exact) mass is 731 g/mol. The van der Waals surface area contributed by atoms with Crippen molar-refractivity contribution in [3.05, 3.63) is 59.2 Å². The molecule has 0 bridgehead atoms. The van der Waals surface area contributed by atoms with Gasteiger partial charge in [0.05, 0.1) is 31.3 Å². The van der Waals surface area contributed by atoms with Crippen LogP contribution in [0.2, 0.25) is 0 Å². The molecule has 6 rings (SSSR count). The molecule has 1 aliphatic carbocycles. The van der Waals surface area contributed by atoms with Gasteiger partial charge in [-0.2, -0.15) is 13.2 Å². The maximum atomic E-state index is 15.1. The molecule has 1 amide bonds. The number of aliphatic carboxylic acids is 1. The van der Waals surface area contributed by atoms with E-state index in [9.17, 15) is 23.1 Å². The Labute approximate surface area is 304 Å². The SMILES string of the molecule is COC[C@H]1CN(C(=O)[C@]2(OC)CN([C@H]3CC[C@@H](OC)CC3)C[C@H]2c2ccc(OC)cc2)C[C@@H]1c1ccc(C(F)(F)F)cc1N1CCC(C(=O)O)CC1. The highest BCUT2D eigenvalue weighted by atomic mass is 19.4. The molecule has 0 spiro atoms. The number of benzene rings is 2. The zero-order valence-electron chi connectivity index (χ0n) is 30.6. The lowest BCUT2D eigenvalue weighted by Crippen LogP contribution is -2.55. The summed E-state index contributed by atoms with van der Waals surface area (Å²) in [6.07, 6.45) is 0.206. The number of rotatable bonds is 11. The molecule has 13 heteroatoms. The maximum Gasteiger partial charge on any atom is 0.416 e. The van der Waals surface area contributed by atoms with Crippen molar-refractivity contribution in [2.75, 3.05) is 79.2 Å². The average Bonchev–Trinajstić information content (AvgIpc) is 3.77. The van der Waals surface area contributed by atoms with Crippen LogP contribution in [0.3, 0.4) is 0 Å². The smallest absolute Gasteiger partial charge is 0.416 e. The number of carbonyl (C=O) groups is 2. The van der Waals surface area contributed by atoms with Gasteiger partial charge in [0, 0.05) is 90.1 Å². The molecule has 0 aromatic heterocycles. The predicted molar refractivity (Wildman–Crippen MR) is 189 cm³/mol. The molecule has 286 valence electrons. The summed E-state index contributed by atoms with van der Waals surface area (Å²) in [6.45, 7) is 2.67. The molecule has 1 saturated carbocycles. The number of hydrogen-bond acceptors (Lipinski definition) is 8. The van der Waals surface area contributed by atoms with Gasteiger partial charge in [0.2, 0.25) is 0 Å². The number of piperidine rings is 1. The van der Waals surface area contributed by atoms with Gasteiger partial charge in [0.25, 0.3) is 5.91 Å². The van der Waals surface area contributed by atoms with Crippen molar-refractivity contribution < 1.29 is 46.8 Å². The van der Waals surface area contributed by atoms with E-state index in [1.807, 2.05) is 34.1 Å². The van der Waals surface area contributed by atoms with E-state index < -0.39 is 29.2 Å². The Kier molecular flexibility index (Phi) is 11.7. The molecule has 4 aliphatic rings. The van der Waals surface area contributed by atoms with E-state index in [-0.39, 0.29) is 42.4 Å². The van der Waals surface area contributed by atoms with Crippen LogP contribution in [0.15, 0.2) is 42.5 Å². The fraction of sp³-hybridized carbons (Fsp3) is 0.641. The Morgan fingerprint density at radius 3 is 2.17 bits per heavy atom. The van der Waals surface area contributed by atoms with Crippen molar-refractivity contribution in [1.29, 1.82) is 0 Å². The van der Waals surface area contributed by atoms with E-state index in [0.717, 1.165) is 43.1 Å². The van der Waals surface area contributed by atoms with Gasteiger partial charge in [0.1, 0.15) is 5.75 Å². The quantitative estimate of drug-likeness (QED) is 0.315. The van der Waals surface area contributed by atoms with Crippen LogP contribution in [0.5, 0.6) is 5.75 Å². The molecule has 1 N–H and O–H groups in total. The van der Waals surface area contributed by atoms with E-state index >= 15 is 4.79 Å². The number of ether oxygens (including phenoxy) is 4. The number of methoxy groups -OCH3 is 4. The Hall–Kier alpha value is -3.39. The van der Waals surface area contributed by atoms with Gasteiger partial charge < -0.3 is 33.9 Å². The summed E-state index contributed by atoms with van der Waals surface area (Å²) >= 11 is 0. The van der Waals surface area contributed by atoms with Crippen LogP contribution >= 0.6 is 0 Å². The third-order valence-electron chi connectivity index (χ3n) is 12.2. The highest BCUT2D eigenvalue weighted by Crippen LogP contribution is 2.47. The minimum Gasteiger partial charge on any atom is -0.497 e. The minimum absolute atomic E-state index is 0.136. The van der Waals surface area contributed by atoms with Gasteiger partial charge >= 0.3 is 12.1 Å². The molecule has 4 atom stereocenters. The van der Waals surface area contributed by atoms with Crippen LogP contribution in [0, 0.1) is 11.8 Å². The minimum atomic E-state index is -4.55. The first-order chi connectivity index (χ1) is 24.9.